The lowest BCUT2D eigenvalue weighted by molar-refractivity contribution is 0.691. The number of benzene rings is 1. The van der Waals surface area contributed by atoms with Crippen molar-refractivity contribution in [3.63, 3.8) is 0 Å². The zero-order chi connectivity index (χ0) is 14.4. The molecule has 2 N–H and O–H groups in total. The highest BCUT2D eigenvalue weighted by Gasteiger charge is 2.20. The van der Waals surface area contributed by atoms with Crippen molar-refractivity contribution in [2.75, 3.05) is 16.5 Å². The van der Waals surface area contributed by atoms with Gasteiger partial charge in [-0.15, -0.1) is 11.8 Å². The molecule has 1 aliphatic rings. The Balaban J connectivity index is 1.73. The smallest absolute Gasteiger partial charge is 0.223 e. The number of hydrogen-bond donors (Lipinski definition) is 1. The van der Waals surface area contributed by atoms with Gasteiger partial charge in [-0.2, -0.15) is 9.97 Å². The fourth-order valence-electron chi connectivity index (χ4n) is 2.39. The van der Waals surface area contributed by atoms with Gasteiger partial charge in [0.2, 0.25) is 5.95 Å². The molecule has 106 valence electrons. The van der Waals surface area contributed by atoms with Gasteiger partial charge in [0.15, 0.2) is 10.8 Å². The average molecular weight is 319 g/mol. The van der Waals surface area contributed by atoms with Gasteiger partial charge >= 0.3 is 0 Å². The van der Waals surface area contributed by atoms with Gasteiger partial charge in [0, 0.05) is 4.90 Å². The molecule has 2 aromatic heterocycles. The van der Waals surface area contributed by atoms with E-state index in [1.54, 1.807) is 6.33 Å². The normalized spacial score (nSPS) is 13.9. The third-order valence-corrected chi connectivity index (χ3v) is 4.70. The van der Waals surface area contributed by atoms with Crippen LogP contribution in [0.25, 0.3) is 11.2 Å². The van der Waals surface area contributed by atoms with Crippen molar-refractivity contribution in [1.29, 1.82) is 0 Å². The van der Waals surface area contributed by atoms with Crippen LogP contribution < -0.4 is 10.6 Å². The van der Waals surface area contributed by atoms with Crippen LogP contribution in [0.2, 0.25) is 5.15 Å². The molecule has 6 nitrogen and oxygen atoms in total. The lowest BCUT2D eigenvalue weighted by atomic mass is 10.3. The summed E-state index contributed by atoms with van der Waals surface area (Å²) in [5, 5.41) is 0.285. The molecule has 0 spiro atoms. The van der Waals surface area contributed by atoms with Crippen LogP contribution in [-0.4, -0.2) is 25.4 Å². The van der Waals surface area contributed by atoms with Crippen LogP contribution in [0.4, 0.5) is 11.6 Å². The monoisotopic (exact) mass is 318 g/mol. The number of hydrogen-bond acceptors (Lipinski definition) is 6. The molecule has 21 heavy (non-hydrogen) atoms. The second-order valence-corrected chi connectivity index (χ2v) is 6.03. The molecule has 3 heterocycles. The highest BCUT2D eigenvalue weighted by Crippen LogP contribution is 2.38. The molecule has 8 heteroatoms. The van der Waals surface area contributed by atoms with Crippen molar-refractivity contribution in [2.45, 2.75) is 11.6 Å². The Labute approximate surface area is 129 Å². The molecule has 0 saturated carbocycles. The second-order valence-electron chi connectivity index (χ2n) is 4.68. The van der Waals surface area contributed by atoms with Crippen molar-refractivity contribution >= 4 is 46.2 Å². The standard InChI is InChI=1S/C13H11ClN6S/c14-11-10-12(18-13(15)17-11)19(5-16-10)6-20-7-21-9-4-2-1-3-8(9)20/h1-5H,6-7H2,(H2,15,17,18). The summed E-state index contributed by atoms with van der Waals surface area (Å²) in [5.41, 5.74) is 8.12. The Hall–Kier alpha value is -1.99. The number of rotatable bonds is 2. The number of nitrogens with zero attached hydrogens (tertiary/aromatic N) is 5. The van der Waals surface area contributed by atoms with E-state index in [0.29, 0.717) is 17.8 Å². The quantitative estimate of drug-likeness (QED) is 0.732. The van der Waals surface area contributed by atoms with Gasteiger partial charge in [0.1, 0.15) is 5.52 Å². The Morgan fingerprint density at radius 2 is 2.14 bits per heavy atom. The Kier molecular flexibility index (Phi) is 2.90. The third kappa shape index (κ3) is 2.09. The molecule has 0 unspecified atom stereocenters. The van der Waals surface area contributed by atoms with Crippen LogP contribution in [0, 0.1) is 0 Å². The van der Waals surface area contributed by atoms with Crippen LogP contribution in [-0.2, 0) is 6.67 Å². The van der Waals surface area contributed by atoms with Gasteiger partial charge in [-0.3, -0.25) is 4.57 Å². The minimum atomic E-state index is 0.158. The summed E-state index contributed by atoms with van der Waals surface area (Å²) in [6, 6.07) is 8.34. The van der Waals surface area contributed by atoms with Gasteiger partial charge in [-0.1, -0.05) is 23.7 Å². The van der Waals surface area contributed by atoms with E-state index >= 15 is 0 Å². The topological polar surface area (TPSA) is 72.9 Å². The first kappa shape index (κ1) is 12.7. The number of nitrogen functional groups attached to an aromatic ring is 1. The number of fused-ring (bicyclic) bond motifs is 2. The molecule has 0 fully saturated rings. The molecular weight excluding hydrogens is 308 g/mol. The van der Waals surface area contributed by atoms with E-state index in [1.807, 2.05) is 22.4 Å². The number of para-hydroxylation sites is 1. The highest BCUT2D eigenvalue weighted by atomic mass is 35.5. The zero-order valence-corrected chi connectivity index (χ0v) is 12.5. The van der Waals surface area contributed by atoms with Crippen molar-refractivity contribution in [3.05, 3.63) is 35.7 Å². The summed E-state index contributed by atoms with van der Waals surface area (Å²) in [7, 11) is 0. The van der Waals surface area contributed by atoms with E-state index in [4.69, 9.17) is 17.3 Å². The Morgan fingerprint density at radius 3 is 3.05 bits per heavy atom. The molecule has 0 aliphatic carbocycles. The van der Waals surface area contributed by atoms with E-state index in [9.17, 15) is 0 Å². The average Bonchev–Trinajstić information content (AvgIpc) is 3.05. The van der Waals surface area contributed by atoms with Gasteiger partial charge in [0.05, 0.1) is 24.6 Å². The summed E-state index contributed by atoms with van der Waals surface area (Å²) < 4.78 is 1.93. The Morgan fingerprint density at radius 1 is 1.29 bits per heavy atom. The largest absolute Gasteiger partial charge is 0.368 e. The van der Waals surface area contributed by atoms with E-state index in [1.165, 1.54) is 10.6 Å². The number of halogens is 1. The number of anilines is 2. The van der Waals surface area contributed by atoms with E-state index in [-0.39, 0.29) is 11.1 Å². The Bertz CT molecular complexity index is 833. The van der Waals surface area contributed by atoms with Gasteiger partial charge < -0.3 is 10.6 Å². The first-order chi connectivity index (χ1) is 10.2. The molecule has 0 radical (unpaired) electrons. The predicted molar refractivity (Wildman–Crippen MR) is 84.4 cm³/mol. The predicted octanol–water partition coefficient (Wildman–Crippen LogP) is 2.59. The molecule has 0 atom stereocenters. The van der Waals surface area contributed by atoms with Crippen molar-refractivity contribution in [1.82, 2.24) is 19.5 Å². The molecule has 0 amide bonds. The summed E-state index contributed by atoms with van der Waals surface area (Å²) >= 11 is 7.87. The fourth-order valence-corrected chi connectivity index (χ4v) is 3.64. The highest BCUT2D eigenvalue weighted by molar-refractivity contribution is 7.99. The molecule has 3 aromatic rings. The molecule has 0 saturated heterocycles. The zero-order valence-electron chi connectivity index (χ0n) is 10.9. The number of imidazole rings is 1. The molecule has 0 bridgehead atoms. The third-order valence-electron chi connectivity index (χ3n) is 3.34. The molecule has 1 aliphatic heterocycles. The van der Waals surface area contributed by atoms with Crippen molar-refractivity contribution in [2.24, 2.45) is 0 Å². The number of aromatic nitrogens is 4. The summed E-state index contributed by atoms with van der Waals surface area (Å²) in [5.74, 6) is 1.05. The summed E-state index contributed by atoms with van der Waals surface area (Å²) in [6.45, 7) is 0.646. The number of thioether (sulfide) groups is 1. The minimum absolute atomic E-state index is 0.158. The second kappa shape index (κ2) is 4.78. The maximum absolute atomic E-state index is 6.05. The maximum atomic E-state index is 6.05. The molecular formula is C13H11ClN6S. The first-order valence-electron chi connectivity index (χ1n) is 6.33. The molecule has 1 aromatic carbocycles. The lowest BCUT2D eigenvalue weighted by Crippen LogP contribution is -2.22. The number of nitrogens with two attached hydrogens (primary N) is 1. The lowest BCUT2D eigenvalue weighted by Gasteiger charge is -2.19. The van der Waals surface area contributed by atoms with Gasteiger partial charge in [-0.25, -0.2) is 4.98 Å². The fraction of sp³-hybridized carbons (Fsp3) is 0.154. The van der Waals surface area contributed by atoms with Crippen LogP contribution >= 0.6 is 23.4 Å². The van der Waals surface area contributed by atoms with E-state index in [0.717, 1.165) is 5.88 Å². The van der Waals surface area contributed by atoms with Gasteiger partial charge in [-0.05, 0) is 12.1 Å². The van der Waals surface area contributed by atoms with Crippen LogP contribution in [0.1, 0.15) is 0 Å². The summed E-state index contributed by atoms with van der Waals surface area (Å²) in [6.07, 6.45) is 1.72. The van der Waals surface area contributed by atoms with Crippen LogP contribution in [0.5, 0.6) is 0 Å². The summed E-state index contributed by atoms with van der Waals surface area (Å²) in [4.78, 5) is 16.0. The van der Waals surface area contributed by atoms with E-state index in [2.05, 4.69) is 38.1 Å². The first-order valence-corrected chi connectivity index (χ1v) is 7.69. The van der Waals surface area contributed by atoms with E-state index < -0.39 is 0 Å². The maximum Gasteiger partial charge on any atom is 0.223 e. The van der Waals surface area contributed by atoms with Gasteiger partial charge in [0.25, 0.3) is 0 Å². The van der Waals surface area contributed by atoms with Crippen molar-refractivity contribution < 1.29 is 0 Å². The molecule has 4 rings (SSSR count). The minimum Gasteiger partial charge on any atom is -0.368 e. The van der Waals surface area contributed by atoms with Crippen molar-refractivity contribution in [3.8, 4) is 0 Å². The van der Waals surface area contributed by atoms with Crippen LogP contribution in [0.3, 0.4) is 0 Å². The van der Waals surface area contributed by atoms with Crippen LogP contribution in [0.15, 0.2) is 35.5 Å². The SMILES string of the molecule is Nc1nc(Cl)c2ncn(CN3CSc4ccccc43)c2n1.